The molecule has 0 fully saturated rings. The highest BCUT2D eigenvalue weighted by atomic mass is 19.1. The van der Waals surface area contributed by atoms with Crippen LogP contribution in [0.25, 0.3) is 6.08 Å². The van der Waals surface area contributed by atoms with E-state index in [4.69, 9.17) is 0 Å². The summed E-state index contributed by atoms with van der Waals surface area (Å²) in [6.07, 6.45) is 1.94. The van der Waals surface area contributed by atoms with Gasteiger partial charge in [-0.3, -0.25) is 0 Å². The molecular weight excluding hydrogens is 313 g/mol. The van der Waals surface area contributed by atoms with E-state index in [0.29, 0.717) is 0 Å². The van der Waals surface area contributed by atoms with Gasteiger partial charge in [0.25, 0.3) is 0 Å². The predicted molar refractivity (Wildman–Crippen MR) is 103 cm³/mol. The third-order valence-corrected chi connectivity index (χ3v) is 4.76. The quantitative estimate of drug-likeness (QED) is 0.828. The molecule has 0 heterocycles. The number of hydrogen-bond acceptors (Lipinski definition) is 2. The fourth-order valence-corrected chi connectivity index (χ4v) is 3.47. The van der Waals surface area contributed by atoms with Crippen LogP contribution in [0.2, 0.25) is 0 Å². The van der Waals surface area contributed by atoms with E-state index in [1.165, 1.54) is 12.1 Å². The molecule has 2 unspecified atom stereocenters. The van der Waals surface area contributed by atoms with Gasteiger partial charge in [0.1, 0.15) is 11.4 Å². The zero-order valence-electron chi connectivity index (χ0n) is 15.8. The van der Waals surface area contributed by atoms with Crippen LogP contribution in [0.1, 0.15) is 30.5 Å². The Morgan fingerprint density at radius 1 is 1.16 bits per heavy atom. The monoisotopic (exact) mass is 341 g/mol. The second-order valence-corrected chi connectivity index (χ2v) is 7.12. The third-order valence-electron chi connectivity index (χ3n) is 4.76. The van der Waals surface area contributed by atoms with Crippen LogP contribution in [0.3, 0.4) is 0 Å². The molecule has 2 aromatic rings. The van der Waals surface area contributed by atoms with Crippen LogP contribution < -0.4 is 0 Å². The first-order chi connectivity index (χ1) is 11.7. The lowest BCUT2D eigenvalue weighted by atomic mass is 9.74. The molecule has 0 aliphatic rings. The van der Waals surface area contributed by atoms with E-state index < -0.39 is 5.60 Å². The Bertz CT molecular complexity index is 736. The van der Waals surface area contributed by atoms with Crippen LogP contribution in [-0.4, -0.2) is 30.6 Å². The first-order valence-corrected chi connectivity index (χ1v) is 8.62. The minimum atomic E-state index is -1.09. The number of hydrogen-bond donors (Lipinski definition) is 1. The maximum absolute atomic E-state index is 13.2. The fourth-order valence-electron chi connectivity index (χ4n) is 3.47. The van der Waals surface area contributed by atoms with Gasteiger partial charge < -0.3 is 10.0 Å². The van der Waals surface area contributed by atoms with Crippen molar-refractivity contribution in [1.29, 1.82) is 0 Å². The summed E-state index contributed by atoms with van der Waals surface area (Å²) in [5, 5.41) is 11.8. The molecule has 2 nitrogen and oxygen atoms in total. The molecule has 25 heavy (non-hydrogen) atoms. The van der Waals surface area contributed by atoms with Crippen LogP contribution in [-0.2, 0) is 5.60 Å². The van der Waals surface area contributed by atoms with E-state index in [1.807, 2.05) is 58.3 Å². The normalized spacial score (nSPS) is 15.9. The van der Waals surface area contributed by atoms with Crippen molar-refractivity contribution in [1.82, 2.24) is 4.90 Å². The highest BCUT2D eigenvalue weighted by molar-refractivity contribution is 5.56. The first-order valence-electron chi connectivity index (χ1n) is 8.62. The molecule has 0 bridgehead atoms. The van der Waals surface area contributed by atoms with Crippen molar-refractivity contribution in [3.63, 3.8) is 0 Å². The topological polar surface area (TPSA) is 23.5 Å². The second-order valence-electron chi connectivity index (χ2n) is 7.12. The summed E-state index contributed by atoms with van der Waals surface area (Å²) in [5.74, 6) is -0.273. The van der Waals surface area contributed by atoms with Gasteiger partial charge in [0, 0.05) is 12.5 Å². The van der Waals surface area contributed by atoms with Gasteiger partial charge in [-0.2, -0.15) is 0 Å². The lowest BCUT2D eigenvalue weighted by molar-refractivity contribution is 0.00998. The Morgan fingerprint density at radius 2 is 1.76 bits per heavy atom. The average molecular weight is 341 g/mol. The first kappa shape index (κ1) is 19.4. The summed E-state index contributed by atoms with van der Waals surface area (Å²) in [4.78, 5) is 2.08. The van der Waals surface area contributed by atoms with Crippen LogP contribution in [0.15, 0.2) is 54.1 Å². The van der Waals surface area contributed by atoms with Crippen molar-refractivity contribution in [2.45, 2.75) is 26.4 Å². The molecule has 2 atom stereocenters. The second kappa shape index (κ2) is 7.94. The number of nitrogens with zero attached hydrogens (tertiary/aromatic N) is 1. The summed E-state index contributed by atoms with van der Waals surface area (Å²) in [5.41, 5.74) is 2.61. The zero-order valence-corrected chi connectivity index (χ0v) is 15.8. The maximum atomic E-state index is 13.2. The molecule has 0 amide bonds. The van der Waals surface area contributed by atoms with Crippen molar-refractivity contribution in [2.24, 2.45) is 5.92 Å². The minimum Gasteiger partial charge on any atom is -0.380 e. The molecule has 0 aliphatic heterocycles. The zero-order chi connectivity index (χ0) is 18.6. The summed E-state index contributed by atoms with van der Waals surface area (Å²) in [6.45, 7) is 6.78. The summed E-state index contributed by atoms with van der Waals surface area (Å²) >= 11 is 0. The Labute approximate surface area is 150 Å². The fraction of sp³-hybridized carbons (Fsp3) is 0.364. The standard InChI is InChI=1S/C22H28FNO/c1-16-8-6-7-9-21(16)22(25,18(3)15-24(4)5)17(2)14-19-10-12-20(23)13-11-19/h6-14,18,25H,15H2,1-5H3. The molecule has 134 valence electrons. The molecule has 0 saturated carbocycles. The van der Waals surface area contributed by atoms with E-state index in [2.05, 4.69) is 11.8 Å². The van der Waals surface area contributed by atoms with Gasteiger partial charge in [-0.05, 0) is 62.3 Å². The lowest BCUT2D eigenvalue weighted by Crippen LogP contribution is -2.40. The minimum absolute atomic E-state index is 0.0136. The van der Waals surface area contributed by atoms with Crippen LogP contribution in [0, 0.1) is 18.7 Å². The Morgan fingerprint density at radius 3 is 2.32 bits per heavy atom. The van der Waals surface area contributed by atoms with Crippen molar-refractivity contribution in [3.8, 4) is 0 Å². The maximum Gasteiger partial charge on any atom is 0.123 e. The Kier molecular flexibility index (Phi) is 6.15. The highest BCUT2D eigenvalue weighted by Gasteiger charge is 2.38. The molecule has 2 rings (SSSR count). The van der Waals surface area contributed by atoms with E-state index in [9.17, 15) is 9.50 Å². The number of aryl methyl sites for hydroxylation is 1. The van der Waals surface area contributed by atoms with E-state index in [1.54, 1.807) is 12.1 Å². The van der Waals surface area contributed by atoms with Gasteiger partial charge in [-0.25, -0.2) is 4.39 Å². The summed E-state index contributed by atoms with van der Waals surface area (Å²) in [6, 6.07) is 14.3. The van der Waals surface area contributed by atoms with Gasteiger partial charge in [0.15, 0.2) is 0 Å². The molecular formula is C22H28FNO. The SMILES string of the molecule is CC(=Cc1ccc(F)cc1)C(O)(c1ccccc1C)C(C)CN(C)C. The summed E-state index contributed by atoms with van der Waals surface area (Å²) < 4.78 is 13.2. The van der Waals surface area contributed by atoms with Crippen LogP contribution >= 0.6 is 0 Å². The molecule has 0 aliphatic carbocycles. The molecule has 0 spiro atoms. The highest BCUT2D eigenvalue weighted by Crippen LogP contribution is 2.39. The van der Waals surface area contributed by atoms with Crippen molar-refractivity contribution < 1.29 is 9.50 Å². The third kappa shape index (κ3) is 4.36. The number of aliphatic hydroxyl groups is 1. The van der Waals surface area contributed by atoms with E-state index >= 15 is 0 Å². The molecule has 0 radical (unpaired) electrons. The summed E-state index contributed by atoms with van der Waals surface area (Å²) in [7, 11) is 4.02. The van der Waals surface area contributed by atoms with Gasteiger partial charge >= 0.3 is 0 Å². The van der Waals surface area contributed by atoms with Crippen LogP contribution in [0.4, 0.5) is 4.39 Å². The van der Waals surface area contributed by atoms with Gasteiger partial charge in [0.05, 0.1) is 0 Å². The largest absolute Gasteiger partial charge is 0.380 e. The van der Waals surface area contributed by atoms with Crippen molar-refractivity contribution in [2.75, 3.05) is 20.6 Å². The molecule has 3 heteroatoms. The van der Waals surface area contributed by atoms with Gasteiger partial charge in [-0.1, -0.05) is 49.4 Å². The number of rotatable bonds is 6. The average Bonchev–Trinajstić information content (AvgIpc) is 2.56. The van der Waals surface area contributed by atoms with Gasteiger partial charge in [-0.15, -0.1) is 0 Å². The van der Waals surface area contributed by atoms with E-state index in [-0.39, 0.29) is 11.7 Å². The van der Waals surface area contributed by atoms with E-state index in [0.717, 1.165) is 28.8 Å². The number of halogens is 1. The molecule has 0 saturated heterocycles. The predicted octanol–water partition coefficient (Wildman–Crippen LogP) is 4.62. The van der Waals surface area contributed by atoms with Crippen molar-refractivity contribution in [3.05, 3.63) is 76.6 Å². The number of benzene rings is 2. The Balaban J connectivity index is 2.54. The Hall–Kier alpha value is -1.97. The molecule has 1 N–H and O–H groups in total. The molecule has 0 aromatic heterocycles. The molecule has 2 aromatic carbocycles. The van der Waals surface area contributed by atoms with Gasteiger partial charge in [0.2, 0.25) is 0 Å². The van der Waals surface area contributed by atoms with Crippen molar-refractivity contribution >= 4 is 6.08 Å². The lowest BCUT2D eigenvalue weighted by Gasteiger charge is -2.38. The smallest absolute Gasteiger partial charge is 0.123 e. The van der Waals surface area contributed by atoms with Crippen LogP contribution in [0.5, 0.6) is 0 Å².